The van der Waals surface area contributed by atoms with E-state index in [0.29, 0.717) is 11.1 Å². The van der Waals surface area contributed by atoms with Gasteiger partial charge in [-0.25, -0.2) is 4.98 Å². The van der Waals surface area contributed by atoms with E-state index in [1.807, 2.05) is 18.2 Å². The van der Waals surface area contributed by atoms with Gasteiger partial charge in [0.25, 0.3) is 0 Å². The molecule has 1 heterocycles. The fourth-order valence-electron chi connectivity index (χ4n) is 1.54. The number of halogens is 2. The highest BCUT2D eigenvalue weighted by Crippen LogP contribution is 2.27. The molecule has 2 aromatic rings. The molecule has 0 saturated heterocycles. The summed E-state index contributed by atoms with van der Waals surface area (Å²) >= 11 is 9.61. The molecule has 1 aromatic carbocycles. The number of hydrogen-bond donors (Lipinski definition) is 0. The first kappa shape index (κ1) is 10.9. The van der Waals surface area contributed by atoms with Gasteiger partial charge >= 0.3 is 0 Å². The first-order chi connectivity index (χ1) is 7.22. The van der Waals surface area contributed by atoms with Crippen molar-refractivity contribution in [3.05, 3.63) is 41.0 Å². The van der Waals surface area contributed by atoms with Crippen LogP contribution in [0.1, 0.15) is 18.4 Å². The maximum atomic E-state index is 6.14. The van der Waals surface area contributed by atoms with Crippen molar-refractivity contribution in [1.82, 2.24) is 4.98 Å². The molecule has 0 saturated carbocycles. The molecule has 1 unspecified atom stereocenters. The number of alkyl halides is 1. The van der Waals surface area contributed by atoms with Crippen molar-refractivity contribution in [2.24, 2.45) is 0 Å². The van der Waals surface area contributed by atoms with Crippen LogP contribution in [0.15, 0.2) is 30.3 Å². The topological polar surface area (TPSA) is 12.9 Å². The van der Waals surface area contributed by atoms with Crippen LogP contribution in [0.4, 0.5) is 0 Å². The normalized spacial score (nSPS) is 13.0. The summed E-state index contributed by atoms with van der Waals surface area (Å²) in [6.07, 6.45) is 0. The Balaban J connectivity index is 2.61. The van der Waals surface area contributed by atoms with Crippen LogP contribution in [0, 0.1) is 0 Å². The monoisotopic (exact) mass is 283 g/mol. The summed E-state index contributed by atoms with van der Waals surface area (Å²) < 4.78 is 0. The van der Waals surface area contributed by atoms with E-state index >= 15 is 0 Å². The fraction of sp³-hybridized carbons (Fsp3) is 0.250. The lowest BCUT2D eigenvalue weighted by Gasteiger charge is -2.10. The van der Waals surface area contributed by atoms with E-state index < -0.39 is 0 Å². The first-order valence-electron chi connectivity index (χ1n) is 4.83. The van der Waals surface area contributed by atoms with Crippen LogP contribution in [0.25, 0.3) is 10.9 Å². The number of hydrogen-bond acceptors (Lipinski definition) is 1. The van der Waals surface area contributed by atoms with Gasteiger partial charge in [0, 0.05) is 10.7 Å². The summed E-state index contributed by atoms with van der Waals surface area (Å²) in [7, 11) is 0. The molecule has 0 bridgehead atoms. The van der Waals surface area contributed by atoms with Crippen LogP contribution in [0.5, 0.6) is 0 Å². The van der Waals surface area contributed by atoms with Crippen LogP contribution in [0.3, 0.4) is 0 Å². The van der Waals surface area contributed by atoms with E-state index in [1.54, 1.807) is 0 Å². The zero-order valence-electron chi connectivity index (χ0n) is 8.37. The van der Waals surface area contributed by atoms with Gasteiger partial charge in [-0.3, -0.25) is 0 Å². The fourth-order valence-corrected chi connectivity index (χ4v) is 2.22. The highest BCUT2D eigenvalue weighted by atomic mass is 79.9. The van der Waals surface area contributed by atoms with Gasteiger partial charge in [-0.2, -0.15) is 0 Å². The van der Waals surface area contributed by atoms with Crippen molar-refractivity contribution in [1.29, 1.82) is 0 Å². The third-order valence-corrected chi connectivity index (χ3v) is 3.74. The van der Waals surface area contributed by atoms with Crippen molar-refractivity contribution >= 4 is 38.4 Å². The van der Waals surface area contributed by atoms with Gasteiger partial charge in [0.1, 0.15) is 5.15 Å². The Bertz CT molecular complexity index is 484. The predicted molar refractivity (Wildman–Crippen MR) is 69.0 cm³/mol. The molecule has 1 aromatic heterocycles. The van der Waals surface area contributed by atoms with Gasteiger partial charge in [-0.1, -0.05) is 52.7 Å². The van der Waals surface area contributed by atoms with Crippen molar-refractivity contribution < 1.29 is 0 Å². The summed E-state index contributed by atoms with van der Waals surface area (Å²) in [4.78, 5) is 4.39. The van der Waals surface area contributed by atoms with E-state index in [9.17, 15) is 0 Å². The van der Waals surface area contributed by atoms with E-state index in [0.717, 1.165) is 21.8 Å². The molecule has 0 aliphatic carbocycles. The SMILES string of the molecule is CC(CBr)c1cc2ccccc2nc1Cl. The number of nitrogens with zero attached hydrogens (tertiary/aromatic N) is 1. The lowest BCUT2D eigenvalue weighted by molar-refractivity contribution is 0.883. The van der Waals surface area contributed by atoms with E-state index in [-0.39, 0.29) is 0 Å². The zero-order chi connectivity index (χ0) is 10.8. The average molecular weight is 285 g/mol. The van der Waals surface area contributed by atoms with E-state index in [2.05, 4.69) is 40.0 Å². The van der Waals surface area contributed by atoms with Gasteiger partial charge < -0.3 is 0 Å². The first-order valence-corrected chi connectivity index (χ1v) is 6.33. The molecule has 0 radical (unpaired) electrons. The number of benzene rings is 1. The summed E-state index contributed by atoms with van der Waals surface area (Å²) in [5.74, 6) is 0.384. The average Bonchev–Trinajstić information content (AvgIpc) is 2.27. The van der Waals surface area contributed by atoms with E-state index in [4.69, 9.17) is 11.6 Å². The van der Waals surface area contributed by atoms with Gasteiger partial charge in [0.05, 0.1) is 5.52 Å². The highest BCUT2D eigenvalue weighted by molar-refractivity contribution is 9.09. The third kappa shape index (κ3) is 2.16. The largest absolute Gasteiger partial charge is 0.236 e. The summed E-state index contributed by atoms with van der Waals surface area (Å²) in [5, 5.41) is 2.65. The Hall–Kier alpha value is -0.600. The molecule has 3 heteroatoms. The molecule has 0 aliphatic heterocycles. The number of aromatic nitrogens is 1. The second-order valence-corrected chi connectivity index (χ2v) is 4.62. The Kier molecular flexibility index (Phi) is 3.27. The van der Waals surface area contributed by atoms with Gasteiger partial charge in [-0.15, -0.1) is 0 Å². The summed E-state index contributed by atoms with van der Waals surface area (Å²) in [6.45, 7) is 2.13. The lowest BCUT2D eigenvalue weighted by Crippen LogP contribution is -1.97. The lowest BCUT2D eigenvalue weighted by atomic mass is 10.0. The molecule has 2 rings (SSSR count). The van der Waals surface area contributed by atoms with Crippen molar-refractivity contribution in [3.8, 4) is 0 Å². The molecule has 0 fully saturated rings. The summed E-state index contributed by atoms with van der Waals surface area (Å²) in [5.41, 5.74) is 2.06. The second-order valence-electron chi connectivity index (χ2n) is 3.62. The number of fused-ring (bicyclic) bond motifs is 1. The Morgan fingerprint density at radius 1 is 1.40 bits per heavy atom. The minimum Gasteiger partial charge on any atom is -0.236 e. The molecular weight excluding hydrogens is 273 g/mol. The maximum absolute atomic E-state index is 6.14. The molecule has 0 amide bonds. The minimum atomic E-state index is 0.384. The van der Waals surface area contributed by atoms with Crippen LogP contribution in [-0.4, -0.2) is 10.3 Å². The number of para-hydroxylation sites is 1. The van der Waals surface area contributed by atoms with Crippen molar-refractivity contribution in [2.75, 3.05) is 5.33 Å². The molecule has 1 atom stereocenters. The van der Waals surface area contributed by atoms with Crippen LogP contribution < -0.4 is 0 Å². The molecule has 1 nitrogen and oxygen atoms in total. The molecule has 78 valence electrons. The molecule has 0 aliphatic rings. The zero-order valence-corrected chi connectivity index (χ0v) is 10.7. The third-order valence-electron chi connectivity index (χ3n) is 2.47. The molecule has 0 spiro atoms. The quantitative estimate of drug-likeness (QED) is 0.589. The van der Waals surface area contributed by atoms with Crippen molar-refractivity contribution in [3.63, 3.8) is 0 Å². The standard InChI is InChI=1S/C12H11BrClN/c1-8(7-13)10-6-9-4-2-3-5-11(9)15-12(10)14/h2-6,8H,7H2,1H3. The van der Waals surface area contributed by atoms with E-state index in [1.165, 1.54) is 0 Å². The Labute approximate surface area is 103 Å². The van der Waals surface area contributed by atoms with Crippen LogP contribution >= 0.6 is 27.5 Å². The number of rotatable bonds is 2. The van der Waals surface area contributed by atoms with Gasteiger partial charge in [-0.05, 0) is 23.6 Å². The maximum Gasteiger partial charge on any atom is 0.133 e. The molecule has 15 heavy (non-hydrogen) atoms. The predicted octanol–water partition coefficient (Wildman–Crippen LogP) is 4.39. The number of pyridine rings is 1. The molecular formula is C12H11BrClN. The van der Waals surface area contributed by atoms with Gasteiger partial charge in [0.15, 0.2) is 0 Å². The Morgan fingerprint density at radius 2 is 2.13 bits per heavy atom. The van der Waals surface area contributed by atoms with Crippen molar-refractivity contribution in [2.45, 2.75) is 12.8 Å². The van der Waals surface area contributed by atoms with Crippen LogP contribution in [0.2, 0.25) is 5.15 Å². The second kappa shape index (κ2) is 4.50. The summed E-state index contributed by atoms with van der Waals surface area (Å²) in [6, 6.07) is 10.1. The Morgan fingerprint density at radius 3 is 2.87 bits per heavy atom. The van der Waals surface area contributed by atoms with Crippen LogP contribution in [-0.2, 0) is 0 Å². The minimum absolute atomic E-state index is 0.384. The molecule has 0 N–H and O–H groups in total. The van der Waals surface area contributed by atoms with Gasteiger partial charge in [0.2, 0.25) is 0 Å². The highest BCUT2D eigenvalue weighted by Gasteiger charge is 2.10. The smallest absolute Gasteiger partial charge is 0.133 e.